The largest absolute Gasteiger partial charge is 0.453 e. The molecule has 2 rings (SSSR count). The van der Waals surface area contributed by atoms with Gasteiger partial charge in [-0.1, -0.05) is 0 Å². The van der Waals surface area contributed by atoms with E-state index in [4.69, 9.17) is 4.42 Å². The molecule has 2 nitrogen and oxygen atoms in total. The Morgan fingerprint density at radius 2 is 1.79 bits per heavy atom. The van der Waals surface area contributed by atoms with Crippen molar-refractivity contribution in [2.75, 3.05) is 0 Å². The highest BCUT2D eigenvalue weighted by Crippen LogP contribution is 2.36. The van der Waals surface area contributed by atoms with Crippen molar-refractivity contribution >= 4 is 6.29 Å². The van der Waals surface area contributed by atoms with E-state index >= 15 is 0 Å². The summed E-state index contributed by atoms with van der Waals surface area (Å²) in [5.74, 6) is -3.47. The molecule has 0 N–H and O–H groups in total. The first-order valence-corrected chi connectivity index (χ1v) is 4.94. The van der Waals surface area contributed by atoms with Crippen molar-refractivity contribution in [3.05, 3.63) is 47.2 Å². The number of alkyl halides is 3. The summed E-state index contributed by atoms with van der Waals surface area (Å²) in [6.45, 7) is 0. The molecule has 0 amide bonds. The van der Waals surface area contributed by atoms with Crippen molar-refractivity contribution in [3.8, 4) is 11.3 Å². The number of benzene rings is 1. The molecule has 0 saturated carbocycles. The number of aldehydes is 1. The van der Waals surface area contributed by atoms with Gasteiger partial charge in [0.25, 0.3) is 0 Å². The average molecular weight is 276 g/mol. The summed E-state index contributed by atoms with van der Waals surface area (Å²) in [5, 5.41) is 0. The summed E-state index contributed by atoms with van der Waals surface area (Å²) < 4.78 is 69.1. The van der Waals surface area contributed by atoms with Crippen molar-refractivity contribution in [3.63, 3.8) is 0 Å². The van der Waals surface area contributed by atoms with E-state index in [9.17, 15) is 26.7 Å². The van der Waals surface area contributed by atoms with Crippen LogP contribution in [-0.2, 0) is 6.18 Å². The van der Waals surface area contributed by atoms with Gasteiger partial charge in [0.15, 0.2) is 12.0 Å². The number of rotatable bonds is 2. The molecular weight excluding hydrogens is 271 g/mol. The fraction of sp³-hybridized carbons (Fsp3) is 0.0833. The number of halogens is 5. The van der Waals surface area contributed by atoms with Gasteiger partial charge in [-0.25, -0.2) is 8.78 Å². The standard InChI is InChI=1S/C12H5F5O2/c13-6-3-8(10-2-1-7(5-18)19-10)11(14)9(4-6)12(15,16)17/h1-5H. The first-order valence-electron chi connectivity index (χ1n) is 4.94. The van der Waals surface area contributed by atoms with Gasteiger partial charge in [0.05, 0.1) is 11.1 Å². The van der Waals surface area contributed by atoms with Gasteiger partial charge in [-0.05, 0) is 24.3 Å². The molecule has 100 valence electrons. The summed E-state index contributed by atoms with van der Waals surface area (Å²) in [6, 6.07) is 2.85. The molecule has 0 unspecified atom stereocenters. The Morgan fingerprint density at radius 3 is 2.32 bits per heavy atom. The van der Waals surface area contributed by atoms with Crippen LogP contribution >= 0.6 is 0 Å². The van der Waals surface area contributed by atoms with Crippen LogP contribution < -0.4 is 0 Å². The van der Waals surface area contributed by atoms with Crippen LogP contribution in [0.5, 0.6) is 0 Å². The second-order valence-corrected chi connectivity index (χ2v) is 3.63. The molecule has 0 radical (unpaired) electrons. The van der Waals surface area contributed by atoms with E-state index in [1.54, 1.807) is 0 Å². The van der Waals surface area contributed by atoms with Gasteiger partial charge in [0.1, 0.15) is 17.4 Å². The summed E-state index contributed by atoms with van der Waals surface area (Å²) in [5.41, 5.74) is -2.42. The molecule has 0 bridgehead atoms. The SMILES string of the molecule is O=Cc1ccc(-c2cc(F)cc(C(F)(F)F)c2F)o1. The van der Waals surface area contributed by atoms with Gasteiger partial charge in [-0.3, -0.25) is 4.79 Å². The molecule has 19 heavy (non-hydrogen) atoms. The number of furan rings is 1. The number of hydrogen-bond donors (Lipinski definition) is 0. The molecule has 0 saturated heterocycles. The zero-order chi connectivity index (χ0) is 14.2. The lowest BCUT2D eigenvalue weighted by atomic mass is 10.1. The lowest BCUT2D eigenvalue weighted by molar-refractivity contribution is -0.140. The lowest BCUT2D eigenvalue weighted by Crippen LogP contribution is -2.09. The summed E-state index contributed by atoms with van der Waals surface area (Å²) >= 11 is 0. The first kappa shape index (κ1) is 13.3. The Bertz CT molecular complexity index is 628. The van der Waals surface area contributed by atoms with Crippen molar-refractivity contribution < 1.29 is 31.2 Å². The molecule has 0 aliphatic carbocycles. The highest BCUT2D eigenvalue weighted by Gasteiger charge is 2.36. The van der Waals surface area contributed by atoms with Crippen LogP contribution in [0.2, 0.25) is 0 Å². The predicted molar refractivity (Wildman–Crippen MR) is 54.4 cm³/mol. The molecule has 0 atom stereocenters. The van der Waals surface area contributed by atoms with Crippen molar-refractivity contribution in [2.45, 2.75) is 6.18 Å². The Labute approximate surface area is 103 Å². The van der Waals surface area contributed by atoms with E-state index in [2.05, 4.69) is 0 Å². The first-order chi connectivity index (χ1) is 8.82. The second kappa shape index (κ2) is 4.49. The molecule has 0 aliphatic heterocycles. The van der Waals surface area contributed by atoms with Gasteiger partial charge in [0, 0.05) is 0 Å². The third-order valence-corrected chi connectivity index (χ3v) is 2.35. The summed E-state index contributed by atoms with van der Waals surface area (Å²) in [6.07, 6.45) is -4.73. The van der Waals surface area contributed by atoms with Crippen LogP contribution in [0, 0.1) is 11.6 Å². The Balaban J connectivity index is 2.64. The van der Waals surface area contributed by atoms with Crippen LogP contribution in [0.3, 0.4) is 0 Å². The van der Waals surface area contributed by atoms with Crippen molar-refractivity contribution in [1.82, 2.24) is 0 Å². The topological polar surface area (TPSA) is 30.2 Å². The zero-order valence-corrected chi connectivity index (χ0v) is 9.09. The van der Waals surface area contributed by atoms with E-state index in [1.807, 2.05) is 0 Å². The smallest absolute Gasteiger partial charge is 0.419 e. The van der Waals surface area contributed by atoms with Gasteiger partial charge < -0.3 is 4.42 Å². The normalized spacial score (nSPS) is 11.6. The van der Waals surface area contributed by atoms with Crippen LogP contribution in [0.1, 0.15) is 16.1 Å². The van der Waals surface area contributed by atoms with Crippen LogP contribution in [0.25, 0.3) is 11.3 Å². The van der Waals surface area contributed by atoms with Crippen LogP contribution in [0.4, 0.5) is 22.0 Å². The van der Waals surface area contributed by atoms with Gasteiger partial charge in [-0.15, -0.1) is 0 Å². The quantitative estimate of drug-likeness (QED) is 0.611. The minimum absolute atomic E-state index is 0.0579. The number of hydrogen-bond acceptors (Lipinski definition) is 2. The van der Waals surface area contributed by atoms with Gasteiger partial charge in [-0.2, -0.15) is 13.2 Å². The summed E-state index contributed by atoms with van der Waals surface area (Å²) in [7, 11) is 0. The third kappa shape index (κ3) is 2.49. The highest BCUT2D eigenvalue weighted by molar-refractivity contribution is 5.73. The lowest BCUT2D eigenvalue weighted by Gasteiger charge is -2.10. The second-order valence-electron chi connectivity index (χ2n) is 3.63. The highest BCUT2D eigenvalue weighted by atomic mass is 19.4. The minimum Gasteiger partial charge on any atom is -0.453 e. The van der Waals surface area contributed by atoms with E-state index in [0.29, 0.717) is 12.4 Å². The molecule has 0 aliphatic rings. The van der Waals surface area contributed by atoms with E-state index in [1.165, 1.54) is 0 Å². The van der Waals surface area contributed by atoms with Crippen molar-refractivity contribution in [1.29, 1.82) is 0 Å². The molecule has 1 aromatic carbocycles. The fourth-order valence-electron chi connectivity index (χ4n) is 1.54. The zero-order valence-electron chi connectivity index (χ0n) is 9.09. The molecule has 2 aromatic rings. The van der Waals surface area contributed by atoms with Crippen molar-refractivity contribution in [2.24, 2.45) is 0 Å². The average Bonchev–Trinajstić information content (AvgIpc) is 2.78. The molecule has 1 heterocycles. The predicted octanol–water partition coefficient (Wildman–Crippen LogP) is 4.06. The Kier molecular flexibility index (Phi) is 3.13. The molecular formula is C12H5F5O2. The Hall–Kier alpha value is -2.18. The van der Waals surface area contributed by atoms with Gasteiger partial charge >= 0.3 is 6.18 Å². The minimum atomic E-state index is -5.03. The Morgan fingerprint density at radius 1 is 1.11 bits per heavy atom. The monoisotopic (exact) mass is 276 g/mol. The fourth-order valence-corrected chi connectivity index (χ4v) is 1.54. The van der Waals surface area contributed by atoms with E-state index in [-0.39, 0.29) is 17.6 Å². The molecule has 1 aromatic heterocycles. The van der Waals surface area contributed by atoms with E-state index < -0.39 is 28.9 Å². The van der Waals surface area contributed by atoms with E-state index in [0.717, 1.165) is 12.1 Å². The molecule has 0 fully saturated rings. The third-order valence-electron chi connectivity index (χ3n) is 2.35. The molecule has 0 spiro atoms. The maximum absolute atomic E-state index is 13.7. The van der Waals surface area contributed by atoms with Gasteiger partial charge in [0.2, 0.25) is 0 Å². The molecule has 7 heteroatoms. The van der Waals surface area contributed by atoms with Crippen LogP contribution in [-0.4, -0.2) is 6.29 Å². The maximum atomic E-state index is 13.7. The number of carbonyl (C=O) groups is 1. The number of carbonyl (C=O) groups excluding carboxylic acids is 1. The summed E-state index contributed by atoms with van der Waals surface area (Å²) in [4.78, 5) is 10.4. The van der Waals surface area contributed by atoms with Crippen LogP contribution in [0.15, 0.2) is 28.7 Å². The maximum Gasteiger partial charge on any atom is 0.419 e.